The second-order valence-electron chi connectivity index (χ2n) is 7.92. The van der Waals surface area contributed by atoms with Gasteiger partial charge in [0.05, 0.1) is 0 Å². The number of rotatable bonds is 4. The van der Waals surface area contributed by atoms with Gasteiger partial charge in [0.15, 0.2) is 0 Å². The summed E-state index contributed by atoms with van der Waals surface area (Å²) in [5.74, 6) is 0. The Morgan fingerprint density at radius 1 is 0.714 bits per heavy atom. The number of hydrogen-bond acceptors (Lipinski definition) is 3. The van der Waals surface area contributed by atoms with E-state index in [2.05, 4.69) is 115 Å². The summed E-state index contributed by atoms with van der Waals surface area (Å²) in [5.41, 5.74) is 7.73. The van der Waals surface area contributed by atoms with E-state index in [1.165, 1.54) is 33.8 Å². The standard InChI is InChI=1S/C25H29N3/c1-19-7-5-9-23(17-19)27-15-16-28(24-10-6-8-20(2)18-24)25(27)21-11-13-22(14-12-21)26(3)4/h5-14,17-18,25H,15-16H2,1-4H3. The minimum Gasteiger partial charge on any atom is -0.378 e. The minimum absolute atomic E-state index is 0.194. The van der Waals surface area contributed by atoms with Gasteiger partial charge in [-0.25, -0.2) is 0 Å². The normalized spacial score (nSPS) is 14.6. The molecule has 1 aliphatic heterocycles. The Balaban J connectivity index is 1.77. The van der Waals surface area contributed by atoms with Crippen molar-refractivity contribution in [1.29, 1.82) is 0 Å². The van der Waals surface area contributed by atoms with Crippen molar-refractivity contribution in [1.82, 2.24) is 0 Å². The van der Waals surface area contributed by atoms with Gasteiger partial charge in [-0.3, -0.25) is 0 Å². The Hall–Kier alpha value is -2.94. The van der Waals surface area contributed by atoms with Crippen molar-refractivity contribution in [3.63, 3.8) is 0 Å². The summed E-state index contributed by atoms with van der Waals surface area (Å²) in [7, 11) is 4.17. The zero-order valence-corrected chi connectivity index (χ0v) is 17.3. The molecule has 0 radical (unpaired) electrons. The van der Waals surface area contributed by atoms with Crippen molar-refractivity contribution in [2.75, 3.05) is 41.9 Å². The first-order valence-corrected chi connectivity index (χ1v) is 9.97. The fourth-order valence-corrected chi connectivity index (χ4v) is 4.09. The first-order valence-electron chi connectivity index (χ1n) is 9.97. The van der Waals surface area contributed by atoms with Crippen LogP contribution in [-0.4, -0.2) is 27.2 Å². The third kappa shape index (κ3) is 3.57. The highest BCUT2D eigenvalue weighted by molar-refractivity contribution is 5.61. The summed E-state index contributed by atoms with van der Waals surface area (Å²) in [6, 6.07) is 26.7. The van der Waals surface area contributed by atoms with Crippen LogP contribution >= 0.6 is 0 Å². The van der Waals surface area contributed by atoms with Crippen LogP contribution in [0.3, 0.4) is 0 Å². The van der Waals surface area contributed by atoms with E-state index in [1.54, 1.807) is 0 Å². The van der Waals surface area contributed by atoms with Crippen molar-refractivity contribution in [3.05, 3.63) is 89.5 Å². The Morgan fingerprint density at radius 3 is 1.64 bits per heavy atom. The third-order valence-corrected chi connectivity index (χ3v) is 5.55. The minimum atomic E-state index is 0.194. The number of nitrogens with zero attached hydrogens (tertiary/aromatic N) is 3. The lowest BCUT2D eigenvalue weighted by atomic mass is 10.1. The summed E-state index contributed by atoms with van der Waals surface area (Å²) in [6.45, 7) is 6.35. The Morgan fingerprint density at radius 2 is 1.21 bits per heavy atom. The van der Waals surface area contributed by atoms with E-state index < -0.39 is 0 Å². The predicted molar refractivity (Wildman–Crippen MR) is 121 cm³/mol. The zero-order chi connectivity index (χ0) is 19.7. The van der Waals surface area contributed by atoms with Crippen LogP contribution < -0.4 is 14.7 Å². The van der Waals surface area contributed by atoms with Crippen LogP contribution in [0.1, 0.15) is 22.9 Å². The molecule has 28 heavy (non-hydrogen) atoms. The molecular weight excluding hydrogens is 342 g/mol. The van der Waals surface area contributed by atoms with Crippen LogP contribution in [0.2, 0.25) is 0 Å². The molecule has 4 rings (SSSR count). The largest absolute Gasteiger partial charge is 0.378 e. The molecule has 0 amide bonds. The van der Waals surface area contributed by atoms with Crippen LogP contribution in [-0.2, 0) is 0 Å². The molecule has 144 valence electrons. The first kappa shape index (κ1) is 18.4. The van der Waals surface area contributed by atoms with Crippen LogP contribution in [0.4, 0.5) is 17.1 Å². The molecule has 3 nitrogen and oxygen atoms in total. The Bertz CT molecular complexity index is 893. The zero-order valence-electron chi connectivity index (χ0n) is 17.3. The summed E-state index contributed by atoms with van der Waals surface area (Å²) < 4.78 is 0. The summed E-state index contributed by atoms with van der Waals surface area (Å²) >= 11 is 0. The van der Waals surface area contributed by atoms with E-state index in [-0.39, 0.29) is 6.17 Å². The summed E-state index contributed by atoms with van der Waals surface area (Å²) in [4.78, 5) is 7.20. The molecule has 1 heterocycles. The molecule has 3 heteroatoms. The van der Waals surface area contributed by atoms with Gasteiger partial charge >= 0.3 is 0 Å². The van der Waals surface area contributed by atoms with E-state index in [4.69, 9.17) is 0 Å². The van der Waals surface area contributed by atoms with Gasteiger partial charge in [-0.2, -0.15) is 0 Å². The highest BCUT2D eigenvalue weighted by atomic mass is 15.4. The van der Waals surface area contributed by atoms with Gasteiger partial charge < -0.3 is 14.7 Å². The number of benzene rings is 3. The van der Waals surface area contributed by atoms with Crippen molar-refractivity contribution < 1.29 is 0 Å². The Kier molecular flexibility index (Phi) is 4.99. The average Bonchev–Trinajstić information content (AvgIpc) is 3.13. The van der Waals surface area contributed by atoms with Gasteiger partial charge in [-0.05, 0) is 66.9 Å². The number of aryl methyl sites for hydroxylation is 2. The summed E-state index contributed by atoms with van der Waals surface area (Å²) in [5, 5.41) is 0. The molecular formula is C25H29N3. The molecule has 0 aromatic heterocycles. The molecule has 0 saturated carbocycles. The average molecular weight is 372 g/mol. The van der Waals surface area contributed by atoms with Gasteiger partial charge in [0.25, 0.3) is 0 Å². The van der Waals surface area contributed by atoms with Gasteiger partial charge in [-0.15, -0.1) is 0 Å². The quantitative estimate of drug-likeness (QED) is 0.608. The molecule has 3 aromatic carbocycles. The van der Waals surface area contributed by atoms with E-state index >= 15 is 0 Å². The molecule has 3 aromatic rings. The van der Waals surface area contributed by atoms with Crippen molar-refractivity contribution >= 4 is 17.1 Å². The number of anilines is 3. The van der Waals surface area contributed by atoms with Crippen LogP contribution in [0.25, 0.3) is 0 Å². The summed E-state index contributed by atoms with van der Waals surface area (Å²) in [6.07, 6.45) is 0.194. The van der Waals surface area contributed by atoms with Crippen molar-refractivity contribution in [3.8, 4) is 0 Å². The molecule has 0 aliphatic carbocycles. The topological polar surface area (TPSA) is 9.72 Å². The number of hydrogen-bond donors (Lipinski definition) is 0. The van der Waals surface area contributed by atoms with Crippen LogP contribution in [0, 0.1) is 13.8 Å². The predicted octanol–water partition coefficient (Wildman–Crippen LogP) is 5.39. The third-order valence-electron chi connectivity index (χ3n) is 5.55. The lowest BCUT2D eigenvalue weighted by Crippen LogP contribution is -2.31. The molecule has 1 saturated heterocycles. The van der Waals surface area contributed by atoms with Crippen LogP contribution in [0.5, 0.6) is 0 Å². The van der Waals surface area contributed by atoms with E-state index in [0.29, 0.717) is 0 Å². The monoisotopic (exact) mass is 371 g/mol. The first-order chi connectivity index (χ1) is 13.5. The fourth-order valence-electron chi connectivity index (χ4n) is 4.09. The molecule has 0 bridgehead atoms. The molecule has 0 N–H and O–H groups in total. The van der Waals surface area contributed by atoms with Crippen LogP contribution in [0.15, 0.2) is 72.8 Å². The maximum Gasteiger partial charge on any atom is 0.128 e. The fraction of sp³-hybridized carbons (Fsp3) is 0.280. The smallest absolute Gasteiger partial charge is 0.128 e. The maximum atomic E-state index is 2.53. The highest BCUT2D eigenvalue weighted by Gasteiger charge is 2.33. The van der Waals surface area contributed by atoms with E-state index in [9.17, 15) is 0 Å². The van der Waals surface area contributed by atoms with Crippen molar-refractivity contribution in [2.24, 2.45) is 0 Å². The van der Waals surface area contributed by atoms with E-state index in [0.717, 1.165) is 13.1 Å². The molecule has 0 spiro atoms. The lowest BCUT2D eigenvalue weighted by Gasteiger charge is -2.34. The highest BCUT2D eigenvalue weighted by Crippen LogP contribution is 2.38. The Labute approximate surface area is 168 Å². The second-order valence-corrected chi connectivity index (χ2v) is 7.92. The maximum absolute atomic E-state index is 2.53. The molecule has 0 atom stereocenters. The van der Waals surface area contributed by atoms with Gasteiger partial charge in [0.2, 0.25) is 0 Å². The molecule has 1 aliphatic rings. The van der Waals surface area contributed by atoms with E-state index in [1.807, 2.05) is 0 Å². The molecule has 0 unspecified atom stereocenters. The lowest BCUT2D eigenvalue weighted by molar-refractivity contribution is 0.717. The SMILES string of the molecule is Cc1cccc(N2CCN(c3cccc(C)c3)C2c2ccc(N(C)C)cc2)c1. The van der Waals surface area contributed by atoms with Gasteiger partial charge in [0, 0.05) is 44.2 Å². The van der Waals surface area contributed by atoms with Gasteiger partial charge in [0.1, 0.15) is 6.17 Å². The van der Waals surface area contributed by atoms with Crippen molar-refractivity contribution in [2.45, 2.75) is 20.0 Å². The second kappa shape index (κ2) is 7.59. The van der Waals surface area contributed by atoms with Gasteiger partial charge in [-0.1, -0.05) is 36.4 Å². The molecule has 1 fully saturated rings.